The number of hydrogen-bond acceptors (Lipinski definition) is 4. The molecule has 0 aliphatic carbocycles. The highest BCUT2D eigenvalue weighted by molar-refractivity contribution is 5.97. The van der Waals surface area contributed by atoms with Crippen LogP contribution in [-0.4, -0.2) is 42.2 Å². The van der Waals surface area contributed by atoms with Gasteiger partial charge in [0, 0.05) is 12.1 Å². The number of rotatable bonds is 5. The summed E-state index contributed by atoms with van der Waals surface area (Å²) in [5.41, 5.74) is 6.69. The van der Waals surface area contributed by atoms with Gasteiger partial charge in [-0.3, -0.25) is 4.90 Å². The Morgan fingerprint density at radius 3 is 2.48 bits per heavy atom. The third-order valence-electron chi connectivity index (χ3n) is 4.14. The van der Waals surface area contributed by atoms with Crippen LogP contribution in [0.25, 0.3) is 0 Å². The second-order valence-corrected chi connectivity index (χ2v) is 6.36. The van der Waals surface area contributed by atoms with Gasteiger partial charge in [0.25, 0.3) is 0 Å². The molecule has 0 unspecified atom stereocenters. The number of oxime groups is 1. The highest BCUT2D eigenvalue weighted by Gasteiger charge is 2.24. The maximum absolute atomic E-state index is 8.61. The van der Waals surface area contributed by atoms with Crippen LogP contribution in [0.3, 0.4) is 0 Å². The first-order valence-corrected chi connectivity index (χ1v) is 7.43. The van der Waals surface area contributed by atoms with Crippen molar-refractivity contribution in [3.05, 3.63) is 29.8 Å². The molecule has 0 atom stereocenters. The van der Waals surface area contributed by atoms with E-state index in [9.17, 15) is 0 Å². The minimum atomic E-state index is 0.109. The van der Waals surface area contributed by atoms with Crippen molar-refractivity contribution in [2.45, 2.75) is 26.7 Å². The van der Waals surface area contributed by atoms with E-state index in [0.29, 0.717) is 17.6 Å². The topological polar surface area (TPSA) is 71.1 Å². The molecule has 5 nitrogen and oxygen atoms in total. The highest BCUT2D eigenvalue weighted by Crippen LogP contribution is 2.29. The lowest BCUT2D eigenvalue weighted by Crippen LogP contribution is -2.39. The maximum Gasteiger partial charge on any atom is 0.170 e. The van der Waals surface area contributed by atoms with Crippen LogP contribution in [0.1, 0.15) is 32.3 Å². The van der Waals surface area contributed by atoms with Crippen LogP contribution >= 0.6 is 0 Å². The molecule has 1 saturated heterocycles. The Morgan fingerprint density at radius 2 is 1.90 bits per heavy atom. The van der Waals surface area contributed by atoms with Crippen LogP contribution in [0.2, 0.25) is 0 Å². The molecule has 0 saturated carbocycles. The van der Waals surface area contributed by atoms with Crippen molar-refractivity contribution >= 4 is 5.84 Å². The highest BCUT2D eigenvalue weighted by atomic mass is 16.5. The van der Waals surface area contributed by atoms with Crippen molar-refractivity contribution in [3.63, 3.8) is 0 Å². The third kappa shape index (κ3) is 4.63. The Balaban J connectivity index is 1.74. The van der Waals surface area contributed by atoms with Gasteiger partial charge in [-0.1, -0.05) is 19.0 Å². The predicted molar refractivity (Wildman–Crippen MR) is 83.9 cm³/mol. The first kappa shape index (κ1) is 15.6. The van der Waals surface area contributed by atoms with Gasteiger partial charge in [0.15, 0.2) is 5.84 Å². The first-order valence-electron chi connectivity index (χ1n) is 7.43. The van der Waals surface area contributed by atoms with E-state index in [0.717, 1.165) is 25.4 Å². The zero-order chi connectivity index (χ0) is 15.3. The van der Waals surface area contributed by atoms with Gasteiger partial charge in [0.2, 0.25) is 0 Å². The van der Waals surface area contributed by atoms with Gasteiger partial charge in [-0.05, 0) is 55.6 Å². The van der Waals surface area contributed by atoms with Gasteiger partial charge in [-0.15, -0.1) is 0 Å². The van der Waals surface area contributed by atoms with Crippen LogP contribution < -0.4 is 10.5 Å². The minimum Gasteiger partial charge on any atom is -0.492 e. The quantitative estimate of drug-likeness (QED) is 0.378. The molecule has 1 aliphatic heterocycles. The molecular formula is C16H25N3O2. The summed E-state index contributed by atoms with van der Waals surface area (Å²) in [4.78, 5) is 2.45. The Hall–Kier alpha value is -1.75. The molecular weight excluding hydrogens is 266 g/mol. The number of nitrogens with two attached hydrogens (primary N) is 1. The van der Waals surface area contributed by atoms with Crippen molar-refractivity contribution in [1.29, 1.82) is 0 Å². The number of likely N-dealkylation sites (tertiary alicyclic amines) is 1. The summed E-state index contributed by atoms with van der Waals surface area (Å²) >= 11 is 0. The molecule has 0 spiro atoms. The minimum absolute atomic E-state index is 0.109. The van der Waals surface area contributed by atoms with E-state index < -0.39 is 0 Å². The number of nitrogens with zero attached hydrogens (tertiary/aromatic N) is 2. The summed E-state index contributed by atoms with van der Waals surface area (Å²) in [6.45, 7) is 8.62. The SMILES string of the molecule is CC1(C)CCN(CCOc2ccc(C(N)=NO)cc2)CC1. The Kier molecular flexibility index (Phi) is 5.07. The lowest BCUT2D eigenvalue weighted by atomic mass is 9.83. The van der Waals surface area contributed by atoms with Crippen LogP contribution in [0.4, 0.5) is 0 Å². The van der Waals surface area contributed by atoms with Crippen molar-refractivity contribution in [3.8, 4) is 5.75 Å². The van der Waals surface area contributed by atoms with E-state index in [2.05, 4.69) is 23.9 Å². The number of piperidine rings is 1. The van der Waals surface area contributed by atoms with E-state index in [4.69, 9.17) is 15.7 Å². The largest absolute Gasteiger partial charge is 0.492 e. The molecule has 0 amide bonds. The molecule has 1 aliphatic rings. The average Bonchev–Trinajstić information content (AvgIpc) is 2.49. The summed E-state index contributed by atoms with van der Waals surface area (Å²) in [5, 5.41) is 11.6. The zero-order valence-corrected chi connectivity index (χ0v) is 12.9. The zero-order valence-electron chi connectivity index (χ0n) is 12.9. The Labute approximate surface area is 126 Å². The number of ether oxygens (including phenoxy) is 1. The maximum atomic E-state index is 8.61. The summed E-state index contributed by atoms with van der Waals surface area (Å²) in [6.07, 6.45) is 2.50. The fraction of sp³-hybridized carbons (Fsp3) is 0.562. The van der Waals surface area contributed by atoms with Crippen LogP contribution in [-0.2, 0) is 0 Å². The van der Waals surface area contributed by atoms with E-state index in [1.165, 1.54) is 12.8 Å². The number of hydrogen-bond donors (Lipinski definition) is 2. The lowest BCUT2D eigenvalue weighted by molar-refractivity contribution is 0.116. The molecule has 2 rings (SSSR count). The van der Waals surface area contributed by atoms with E-state index in [1.807, 2.05) is 12.1 Å². The molecule has 1 aromatic rings. The van der Waals surface area contributed by atoms with Crippen LogP contribution in [0.15, 0.2) is 29.4 Å². The van der Waals surface area contributed by atoms with Gasteiger partial charge in [-0.2, -0.15) is 0 Å². The Bertz CT molecular complexity index is 473. The smallest absolute Gasteiger partial charge is 0.170 e. The van der Waals surface area contributed by atoms with E-state index in [-0.39, 0.29) is 5.84 Å². The van der Waals surface area contributed by atoms with Gasteiger partial charge >= 0.3 is 0 Å². The third-order valence-corrected chi connectivity index (χ3v) is 4.14. The van der Waals surface area contributed by atoms with Crippen molar-refractivity contribution < 1.29 is 9.94 Å². The standard InChI is InChI=1S/C16H25N3O2/c1-16(2)7-9-19(10-8-16)11-12-21-14-5-3-13(4-6-14)15(17)18-20/h3-6,20H,7-12H2,1-2H3,(H2,17,18). The number of benzene rings is 1. The summed E-state index contributed by atoms with van der Waals surface area (Å²) in [7, 11) is 0. The van der Waals surface area contributed by atoms with E-state index in [1.54, 1.807) is 12.1 Å². The monoisotopic (exact) mass is 291 g/mol. The second-order valence-electron chi connectivity index (χ2n) is 6.36. The molecule has 1 aromatic carbocycles. The number of amidine groups is 1. The molecule has 0 bridgehead atoms. The van der Waals surface area contributed by atoms with Crippen molar-refractivity contribution in [1.82, 2.24) is 4.90 Å². The van der Waals surface area contributed by atoms with Crippen LogP contribution in [0.5, 0.6) is 5.75 Å². The van der Waals surface area contributed by atoms with Crippen molar-refractivity contribution in [2.24, 2.45) is 16.3 Å². The predicted octanol–water partition coefficient (Wildman–Crippen LogP) is 2.28. The van der Waals surface area contributed by atoms with E-state index >= 15 is 0 Å². The summed E-state index contributed by atoms with van der Waals surface area (Å²) in [6, 6.07) is 7.25. The van der Waals surface area contributed by atoms with Crippen LogP contribution in [0, 0.1) is 5.41 Å². The first-order chi connectivity index (χ1) is 10.00. The lowest BCUT2D eigenvalue weighted by Gasteiger charge is -2.36. The molecule has 3 N–H and O–H groups in total. The molecule has 1 fully saturated rings. The van der Waals surface area contributed by atoms with Gasteiger partial charge < -0.3 is 15.7 Å². The normalized spacial score (nSPS) is 19.4. The molecule has 1 heterocycles. The molecule has 5 heteroatoms. The molecule has 116 valence electrons. The summed E-state index contributed by atoms with van der Waals surface area (Å²) < 4.78 is 5.74. The van der Waals surface area contributed by atoms with Gasteiger partial charge in [-0.25, -0.2) is 0 Å². The van der Waals surface area contributed by atoms with Crippen molar-refractivity contribution in [2.75, 3.05) is 26.2 Å². The fourth-order valence-electron chi connectivity index (χ4n) is 2.45. The van der Waals surface area contributed by atoms with Gasteiger partial charge in [0.05, 0.1) is 0 Å². The summed E-state index contributed by atoms with van der Waals surface area (Å²) in [5.74, 6) is 0.916. The molecule has 0 aromatic heterocycles. The molecule has 0 radical (unpaired) electrons. The fourth-order valence-corrected chi connectivity index (χ4v) is 2.45. The molecule has 21 heavy (non-hydrogen) atoms. The van der Waals surface area contributed by atoms with Gasteiger partial charge in [0.1, 0.15) is 12.4 Å². The second kappa shape index (κ2) is 6.80. The average molecular weight is 291 g/mol. The Morgan fingerprint density at radius 1 is 1.29 bits per heavy atom.